The maximum Gasteiger partial charge on any atom is 0.197 e. The van der Waals surface area contributed by atoms with Gasteiger partial charge in [0.25, 0.3) is 0 Å². The highest BCUT2D eigenvalue weighted by atomic mass is 79.9. The molecular formula is C16H8BrClO3. The molecule has 1 aliphatic rings. The summed E-state index contributed by atoms with van der Waals surface area (Å²) in [5.41, 5.74) is 1.11. The van der Waals surface area contributed by atoms with E-state index in [1.54, 1.807) is 30.3 Å². The number of ketones is 2. The third-order valence-electron chi connectivity index (χ3n) is 3.26. The van der Waals surface area contributed by atoms with Gasteiger partial charge in [-0.2, -0.15) is 0 Å². The van der Waals surface area contributed by atoms with E-state index < -0.39 is 0 Å². The monoisotopic (exact) mass is 362 g/mol. The van der Waals surface area contributed by atoms with Gasteiger partial charge in [0.05, 0.1) is 10.6 Å². The Morgan fingerprint density at radius 1 is 1.05 bits per heavy atom. The number of hydrogen-bond donors (Lipinski definition) is 1. The Labute approximate surface area is 134 Å². The molecule has 0 heterocycles. The molecule has 0 aliphatic heterocycles. The van der Waals surface area contributed by atoms with Crippen LogP contribution in [0.5, 0.6) is 5.75 Å². The molecule has 0 amide bonds. The SMILES string of the molecule is O=C1C(=Cc2cc(Br)cc(Cl)c2O)C(=O)c2ccccc21. The maximum atomic E-state index is 12.3. The number of fused-ring (bicyclic) bond motifs is 1. The Hall–Kier alpha value is -1.91. The minimum Gasteiger partial charge on any atom is -0.506 e. The van der Waals surface area contributed by atoms with Crippen LogP contribution in [-0.2, 0) is 0 Å². The number of hydrogen-bond acceptors (Lipinski definition) is 3. The van der Waals surface area contributed by atoms with Crippen LogP contribution in [0, 0.1) is 0 Å². The predicted molar refractivity (Wildman–Crippen MR) is 83.9 cm³/mol. The second-order valence-corrected chi connectivity index (χ2v) is 5.91. The van der Waals surface area contributed by atoms with Gasteiger partial charge in [-0.15, -0.1) is 0 Å². The molecule has 21 heavy (non-hydrogen) atoms. The van der Waals surface area contributed by atoms with Gasteiger partial charge in [-0.3, -0.25) is 9.59 Å². The lowest BCUT2D eigenvalue weighted by atomic mass is 10.1. The highest BCUT2D eigenvalue weighted by Gasteiger charge is 2.32. The van der Waals surface area contributed by atoms with Crippen molar-refractivity contribution in [3.05, 3.63) is 68.2 Å². The Kier molecular flexibility index (Phi) is 3.43. The standard InChI is InChI=1S/C16H8BrClO3/c17-9-5-8(14(19)13(18)7-9)6-12-15(20)10-3-1-2-4-11(10)16(12)21/h1-7,19H. The Balaban J connectivity index is 2.15. The number of aromatic hydroxyl groups is 1. The molecule has 104 valence electrons. The molecule has 0 bridgehead atoms. The van der Waals surface area contributed by atoms with Crippen LogP contribution in [0.3, 0.4) is 0 Å². The Morgan fingerprint density at radius 3 is 2.19 bits per heavy atom. The number of rotatable bonds is 1. The summed E-state index contributed by atoms with van der Waals surface area (Å²) in [5.74, 6) is -0.846. The molecule has 0 spiro atoms. The van der Waals surface area contributed by atoms with Crippen LogP contribution >= 0.6 is 27.5 Å². The number of carbonyl (C=O) groups excluding carboxylic acids is 2. The Bertz CT molecular complexity index is 787. The molecule has 0 saturated heterocycles. The van der Waals surface area contributed by atoms with Crippen molar-refractivity contribution in [2.24, 2.45) is 0 Å². The number of Topliss-reactive ketones (excluding diaryl/α,β-unsaturated/α-hetero) is 2. The summed E-state index contributed by atoms with van der Waals surface area (Å²) in [4.78, 5) is 24.6. The average molecular weight is 364 g/mol. The lowest BCUT2D eigenvalue weighted by Gasteiger charge is -2.04. The zero-order chi connectivity index (χ0) is 15.1. The van der Waals surface area contributed by atoms with Gasteiger partial charge in [-0.1, -0.05) is 51.8 Å². The van der Waals surface area contributed by atoms with E-state index in [4.69, 9.17) is 11.6 Å². The van der Waals surface area contributed by atoms with Crippen LogP contribution in [0.4, 0.5) is 0 Å². The van der Waals surface area contributed by atoms with Gasteiger partial charge in [0, 0.05) is 21.2 Å². The zero-order valence-electron chi connectivity index (χ0n) is 10.6. The van der Waals surface area contributed by atoms with Crippen molar-refractivity contribution in [1.82, 2.24) is 0 Å². The van der Waals surface area contributed by atoms with Gasteiger partial charge in [0.1, 0.15) is 5.75 Å². The van der Waals surface area contributed by atoms with Crippen LogP contribution in [0.1, 0.15) is 26.3 Å². The zero-order valence-corrected chi connectivity index (χ0v) is 12.9. The first-order valence-electron chi connectivity index (χ1n) is 6.07. The smallest absolute Gasteiger partial charge is 0.197 e. The van der Waals surface area contributed by atoms with Gasteiger partial charge >= 0.3 is 0 Å². The molecule has 0 atom stereocenters. The van der Waals surface area contributed by atoms with Crippen LogP contribution in [0.2, 0.25) is 5.02 Å². The number of halogens is 2. The van der Waals surface area contributed by atoms with Crippen LogP contribution in [0.25, 0.3) is 6.08 Å². The van der Waals surface area contributed by atoms with Crippen molar-refractivity contribution in [2.75, 3.05) is 0 Å². The lowest BCUT2D eigenvalue weighted by Crippen LogP contribution is -2.00. The fraction of sp³-hybridized carbons (Fsp3) is 0. The molecular weight excluding hydrogens is 356 g/mol. The fourth-order valence-electron chi connectivity index (χ4n) is 2.25. The van der Waals surface area contributed by atoms with Crippen molar-refractivity contribution in [2.45, 2.75) is 0 Å². The summed E-state index contributed by atoms with van der Waals surface area (Å²) in [5, 5.41) is 10.1. The van der Waals surface area contributed by atoms with Gasteiger partial charge < -0.3 is 5.11 Å². The number of phenols is 1. The van der Waals surface area contributed by atoms with Crippen molar-refractivity contribution < 1.29 is 14.7 Å². The number of phenolic OH excluding ortho intramolecular Hbond substituents is 1. The van der Waals surface area contributed by atoms with E-state index in [9.17, 15) is 14.7 Å². The molecule has 0 aromatic heterocycles. The van der Waals surface area contributed by atoms with Crippen LogP contribution in [-0.4, -0.2) is 16.7 Å². The van der Waals surface area contributed by atoms with Gasteiger partial charge in [-0.25, -0.2) is 0 Å². The summed E-state index contributed by atoms with van der Waals surface area (Å²) in [6, 6.07) is 9.78. The molecule has 2 aromatic carbocycles. The Morgan fingerprint density at radius 2 is 1.62 bits per heavy atom. The van der Waals surface area contributed by atoms with E-state index in [1.807, 2.05) is 0 Å². The fourth-order valence-corrected chi connectivity index (χ4v) is 3.09. The first-order valence-corrected chi connectivity index (χ1v) is 7.24. The number of benzene rings is 2. The van der Waals surface area contributed by atoms with Gasteiger partial charge in [0.2, 0.25) is 0 Å². The highest BCUT2D eigenvalue weighted by Crippen LogP contribution is 2.35. The van der Waals surface area contributed by atoms with Crippen LogP contribution in [0.15, 0.2) is 46.4 Å². The van der Waals surface area contributed by atoms with E-state index in [1.165, 1.54) is 12.1 Å². The minimum atomic E-state index is -0.342. The normalized spacial score (nSPS) is 13.5. The maximum absolute atomic E-state index is 12.3. The van der Waals surface area contributed by atoms with E-state index in [0.717, 1.165) is 0 Å². The van der Waals surface area contributed by atoms with E-state index >= 15 is 0 Å². The second-order valence-electron chi connectivity index (χ2n) is 4.59. The van der Waals surface area contributed by atoms with Crippen molar-refractivity contribution in [3.63, 3.8) is 0 Å². The van der Waals surface area contributed by atoms with E-state index in [0.29, 0.717) is 21.2 Å². The summed E-state index contributed by atoms with van der Waals surface area (Å²) in [6.07, 6.45) is 1.37. The van der Waals surface area contributed by atoms with Crippen LogP contribution < -0.4 is 0 Å². The van der Waals surface area contributed by atoms with Crippen molar-refractivity contribution in [3.8, 4) is 5.75 Å². The molecule has 0 unspecified atom stereocenters. The van der Waals surface area contributed by atoms with Crippen molar-refractivity contribution in [1.29, 1.82) is 0 Å². The quantitative estimate of drug-likeness (QED) is 0.608. The first-order chi connectivity index (χ1) is 9.99. The van der Waals surface area contributed by atoms with Gasteiger partial charge in [-0.05, 0) is 18.2 Å². The molecule has 3 nitrogen and oxygen atoms in total. The highest BCUT2D eigenvalue weighted by molar-refractivity contribution is 9.10. The topological polar surface area (TPSA) is 54.4 Å². The summed E-state index contributed by atoms with van der Waals surface area (Å²) in [7, 11) is 0. The molecule has 3 rings (SSSR count). The molecule has 1 aliphatic carbocycles. The molecule has 2 aromatic rings. The number of carbonyl (C=O) groups is 2. The van der Waals surface area contributed by atoms with Crippen molar-refractivity contribution >= 4 is 45.2 Å². The summed E-state index contributed by atoms with van der Waals surface area (Å²) >= 11 is 9.15. The summed E-state index contributed by atoms with van der Waals surface area (Å²) < 4.78 is 0.646. The first kappa shape index (κ1) is 14.0. The largest absolute Gasteiger partial charge is 0.506 e. The minimum absolute atomic E-state index is 0.0284. The second kappa shape index (κ2) is 5.13. The van der Waals surface area contributed by atoms with E-state index in [2.05, 4.69) is 15.9 Å². The molecule has 5 heteroatoms. The third-order valence-corrected chi connectivity index (χ3v) is 4.01. The third kappa shape index (κ3) is 2.30. The lowest BCUT2D eigenvalue weighted by molar-refractivity contribution is 0.0990. The summed E-state index contributed by atoms with van der Waals surface area (Å²) in [6.45, 7) is 0. The molecule has 0 saturated carbocycles. The number of allylic oxidation sites excluding steroid dienone is 1. The molecule has 0 radical (unpaired) electrons. The average Bonchev–Trinajstić information content (AvgIpc) is 2.70. The predicted octanol–water partition coefficient (Wildman–Crippen LogP) is 4.27. The van der Waals surface area contributed by atoms with Gasteiger partial charge in [0.15, 0.2) is 11.6 Å². The molecule has 1 N–H and O–H groups in total. The molecule has 0 fully saturated rings. The van der Waals surface area contributed by atoms with E-state index in [-0.39, 0.29) is 27.9 Å².